The van der Waals surface area contributed by atoms with Gasteiger partial charge >= 0.3 is 0 Å². The third-order valence-corrected chi connectivity index (χ3v) is 6.36. The molecule has 0 unspecified atom stereocenters. The van der Waals surface area contributed by atoms with E-state index in [1.54, 1.807) is 0 Å². The Labute approximate surface area is 133 Å². The van der Waals surface area contributed by atoms with E-state index < -0.39 is 32.4 Å². The fourth-order valence-electron chi connectivity index (χ4n) is 2.86. The van der Waals surface area contributed by atoms with Crippen molar-refractivity contribution < 1.29 is 21.6 Å². The number of nitrogens with one attached hydrogen (secondary N) is 1. The van der Waals surface area contributed by atoms with Crippen molar-refractivity contribution in [1.82, 2.24) is 9.62 Å². The molecule has 0 radical (unpaired) electrons. The summed E-state index contributed by atoms with van der Waals surface area (Å²) in [6.45, 7) is 1.33. The second-order valence-corrected chi connectivity index (χ2v) is 8.10. The normalized spacial score (nSPS) is 20.8. The zero-order chi connectivity index (χ0) is 16.6. The molecular formula is C15H19F3N2O2S. The first-order chi connectivity index (χ1) is 10.9. The first-order valence-electron chi connectivity index (χ1n) is 7.76. The van der Waals surface area contributed by atoms with Gasteiger partial charge in [-0.15, -0.1) is 0 Å². The second kappa shape index (κ2) is 6.41. The van der Waals surface area contributed by atoms with Crippen LogP contribution >= 0.6 is 0 Å². The molecule has 1 heterocycles. The molecule has 2 aliphatic rings. The van der Waals surface area contributed by atoms with Crippen LogP contribution in [-0.4, -0.2) is 38.4 Å². The van der Waals surface area contributed by atoms with E-state index in [1.165, 1.54) is 12.8 Å². The SMILES string of the molecule is O=S(=O)(c1c(F)cc(F)cc1F)N1CCC(NCC2CC2)CC1. The lowest BCUT2D eigenvalue weighted by Crippen LogP contribution is -2.45. The maximum absolute atomic E-state index is 13.8. The quantitative estimate of drug-likeness (QED) is 0.888. The highest BCUT2D eigenvalue weighted by molar-refractivity contribution is 7.89. The molecule has 1 aliphatic carbocycles. The van der Waals surface area contributed by atoms with E-state index in [9.17, 15) is 21.6 Å². The van der Waals surface area contributed by atoms with Crippen molar-refractivity contribution >= 4 is 10.0 Å². The number of piperidine rings is 1. The largest absolute Gasteiger partial charge is 0.314 e. The highest BCUT2D eigenvalue weighted by Crippen LogP contribution is 2.29. The summed E-state index contributed by atoms with van der Waals surface area (Å²) >= 11 is 0. The first kappa shape index (κ1) is 16.7. The molecule has 0 amide bonds. The molecular weight excluding hydrogens is 329 g/mol. The summed E-state index contributed by atoms with van der Waals surface area (Å²) in [5, 5.41) is 3.41. The first-order valence-corrected chi connectivity index (χ1v) is 9.20. The van der Waals surface area contributed by atoms with Gasteiger partial charge in [0.1, 0.15) is 17.5 Å². The highest BCUT2D eigenvalue weighted by atomic mass is 32.2. The van der Waals surface area contributed by atoms with Gasteiger partial charge in [0.05, 0.1) is 0 Å². The van der Waals surface area contributed by atoms with Gasteiger partial charge in [-0.1, -0.05) is 0 Å². The van der Waals surface area contributed by atoms with E-state index in [0.29, 0.717) is 25.0 Å². The van der Waals surface area contributed by atoms with Gasteiger partial charge in [0.25, 0.3) is 0 Å². The van der Waals surface area contributed by atoms with E-state index in [-0.39, 0.29) is 19.1 Å². The van der Waals surface area contributed by atoms with Crippen LogP contribution in [0.15, 0.2) is 17.0 Å². The van der Waals surface area contributed by atoms with Gasteiger partial charge in [-0.05, 0) is 38.1 Å². The molecule has 1 N–H and O–H groups in total. The van der Waals surface area contributed by atoms with Gasteiger partial charge in [-0.3, -0.25) is 0 Å². The molecule has 1 aromatic rings. The molecule has 1 saturated carbocycles. The Hall–Kier alpha value is -1.12. The van der Waals surface area contributed by atoms with E-state index >= 15 is 0 Å². The minimum atomic E-state index is -4.29. The number of hydrogen-bond donors (Lipinski definition) is 1. The van der Waals surface area contributed by atoms with Crippen molar-refractivity contribution in [2.75, 3.05) is 19.6 Å². The molecule has 8 heteroatoms. The lowest BCUT2D eigenvalue weighted by atomic mass is 10.1. The summed E-state index contributed by atoms with van der Waals surface area (Å²) in [6, 6.07) is 1.00. The number of hydrogen-bond acceptors (Lipinski definition) is 3. The Kier molecular flexibility index (Phi) is 4.66. The minimum absolute atomic E-state index is 0.195. The monoisotopic (exact) mass is 348 g/mol. The van der Waals surface area contributed by atoms with Gasteiger partial charge in [0, 0.05) is 31.3 Å². The average Bonchev–Trinajstić information content (AvgIpc) is 3.28. The zero-order valence-corrected chi connectivity index (χ0v) is 13.4. The van der Waals surface area contributed by atoms with Crippen LogP contribution in [-0.2, 0) is 10.0 Å². The van der Waals surface area contributed by atoms with Crippen LogP contribution in [0, 0.1) is 23.4 Å². The van der Waals surface area contributed by atoms with Crippen LogP contribution in [0.3, 0.4) is 0 Å². The number of sulfonamides is 1. The third kappa shape index (κ3) is 3.70. The zero-order valence-electron chi connectivity index (χ0n) is 12.6. The van der Waals surface area contributed by atoms with Crippen LogP contribution in [0.2, 0.25) is 0 Å². The van der Waals surface area contributed by atoms with E-state index in [1.807, 2.05) is 0 Å². The maximum Gasteiger partial charge on any atom is 0.248 e. The summed E-state index contributed by atoms with van der Waals surface area (Å²) in [6.07, 6.45) is 3.67. The van der Waals surface area contributed by atoms with Crippen LogP contribution < -0.4 is 5.32 Å². The molecule has 128 valence electrons. The standard InChI is InChI=1S/C15H19F3N2O2S/c16-11-7-13(17)15(14(18)8-11)23(21,22)20-5-3-12(4-6-20)19-9-10-1-2-10/h7-8,10,12,19H,1-6,9H2. The smallest absolute Gasteiger partial charge is 0.248 e. The molecule has 0 spiro atoms. The number of rotatable bonds is 5. The summed E-state index contributed by atoms with van der Waals surface area (Å²) in [7, 11) is -4.29. The molecule has 1 aliphatic heterocycles. The molecule has 3 rings (SSSR count). The van der Waals surface area contributed by atoms with Gasteiger partial charge in [0.15, 0.2) is 4.90 Å². The van der Waals surface area contributed by atoms with Gasteiger partial charge in [-0.25, -0.2) is 21.6 Å². The highest BCUT2D eigenvalue weighted by Gasteiger charge is 2.34. The number of halogens is 3. The summed E-state index contributed by atoms with van der Waals surface area (Å²) in [4.78, 5) is -1.07. The summed E-state index contributed by atoms with van der Waals surface area (Å²) in [5.74, 6) is -3.19. The fourth-order valence-corrected chi connectivity index (χ4v) is 4.42. The van der Waals surface area contributed by atoms with Crippen LogP contribution in [0.5, 0.6) is 0 Å². The molecule has 0 aromatic heterocycles. The molecule has 0 bridgehead atoms. The van der Waals surface area contributed by atoms with E-state index in [2.05, 4.69) is 5.32 Å². The van der Waals surface area contributed by atoms with Crippen LogP contribution in [0.1, 0.15) is 25.7 Å². The van der Waals surface area contributed by atoms with Crippen molar-refractivity contribution in [3.63, 3.8) is 0 Å². The van der Waals surface area contributed by atoms with Crippen molar-refractivity contribution in [2.45, 2.75) is 36.6 Å². The Morgan fingerprint density at radius 1 is 1.04 bits per heavy atom. The van der Waals surface area contributed by atoms with Gasteiger partial charge in [-0.2, -0.15) is 4.31 Å². The fraction of sp³-hybridized carbons (Fsp3) is 0.600. The molecule has 4 nitrogen and oxygen atoms in total. The average molecular weight is 348 g/mol. The maximum atomic E-state index is 13.8. The lowest BCUT2D eigenvalue weighted by Gasteiger charge is -2.31. The van der Waals surface area contributed by atoms with Crippen molar-refractivity contribution in [3.05, 3.63) is 29.6 Å². The topological polar surface area (TPSA) is 49.4 Å². The van der Waals surface area contributed by atoms with Crippen LogP contribution in [0.4, 0.5) is 13.2 Å². The Bertz CT molecular complexity index is 661. The Balaban J connectivity index is 1.69. The minimum Gasteiger partial charge on any atom is -0.314 e. The van der Waals surface area contributed by atoms with Crippen molar-refractivity contribution in [2.24, 2.45) is 5.92 Å². The van der Waals surface area contributed by atoms with Gasteiger partial charge < -0.3 is 5.32 Å². The second-order valence-electron chi connectivity index (χ2n) is 6.23. The van der Waals surface area contributed by atoms with E-state index in [0.717, 1.165) is 16.8 Å². The molecule has 0 atom stereocenters. The molecule has 1 aromatic carbocycles. The summed E-state index contributed by atoms with van der Waals surface area (Å²) < 4.78 is 66.4. The predicted octanol–water partition coefficient (Wildman–Crippen LogP) is 2.26. The van der Waals surface area contributed by atoms with Crippen molar-refractivity contribution in [3.8, 4) is 0 Å². The lowest BCUT2D eigenvalue weighted by molar-refractivity contribution is 0.286. The van der Waals surface area contributed by atoms with Crippen LogP contribution in [0.25, 0.3) is 0 Å². The summed E-state index contributed by atoms with van der Waals surface area (Å²) in [5.41, 5.74) is 0. The van der Waals surface area contributed by atoms with Crippen molar-refractivity contribution in [1.29, 1.82) is 0 Å². The van der Waals surface area contributed by atoms with E-state index in [4.69, 9.17) is 0 Å². The molecule has 1 saturated heterocycles. The Morgan fingerprint density at radius 3 is 2.13 bits per heavy atom. The number of benzene rings is 1. The predicted molar refractivity (Wildman–Crippen MR) is 78.8 cm³/mol. The molecule has 23 heavy (non-hydrogen) atoms. The van der Waals surface area contributed by atoms with Gasteiger partial charge in [0.2, 0.25) is 10.0 Å². The number of nitrogens with zero attached hydrogens (tertiary/aromatic N) is 1. The third-order valence-electron chi connectivity index (χ3n) is 4.41. The Morgan fingerprint density at radius 2 is 1.61 bits per heavy atom. The molecule has 2 fully saturated rings.